The van der Waals surface area contributed by atoms with Crippen LogP contribution in [0.1, 0.15) is 5.69 Å². The Balaban J connectivity index is 1.62. The highest BCUT2D eigenvalue weighted by atomic mass is 32.2. The van der Waals surface area contributed by atoms with Crippen molar-refractivity contribution in [2.24, 2.45) is 0 Å². The van der Waals surface area contributed by atoms with E-state index in [2.05, 4.69) is 25.1 Å². The summed E-state index contributed by atoms with van der Waals surface area (Å²) in [7, 11) is 0. The maximum absolute atomic E-state index is 11.4. The van der Waals surface area contributed by atoms with Crippen LogP contribution in [0.5, 0.6) is 0 Å². The summed E-state index contributed by atoms with van der Waals surface area (Å²) in [5.74, 6) is 1.14. The number of nitrogens with zero attached hydrogens (tertiary/aromatic N) is 4. The second kappa shape index (κ2) is 5.57. The van der Waals surface area contributed by atoms with E-state index < -0.39 is 0 Å². The Morgan fingerprint density at radius 1 is 1.40 bits per heavy atom. The second-order valence-corrected chi connectivity index (χ2v) is 6.01. The van der Waals surface area contributed by atoms with Crippen LogP contribution in [0, 0.1) is 6.92 Å². The van der Waals surface area contributed by atoms with Crippen LogP contribution in [0.25, 0.3) is 0 Å². The van der Waals surface area contributed by atoms with Gasteiger partial charge in [-0.15, -0.1) is 0 Å². The highest BCUT2D eigenvalue weighted by molar-refractivity contribution is 7.98. The maximum atomic E-state index is 11.4. The van der Waals surface area contributed by atoms with Gasteiger partial charge in [0, 0.05) is 44.0 Å². The van der Waals surface area contributed by atoms with E-state index in [1.54, 1.807) is 11.8 Å². The summed E-state index contributed by atoms with van der Waals surface area (Å²) in [4.78, 5) is 24.8. The van der Waals surface area contributed by atoms with E-state index in [0.29, 0.717) is 12.6 Å². The molecule has 0 atom stereocenters. The lowest BCUT2D eigenvalue weighted by Crippen LogP contribution is -2.64. The summed E-state index contributed by atoms with van der Waals surface area (Å²) in [5, 5.41) is 3.68. The molecule has 0 saturated carbocycles. The normalized spacial score (nSPS) is 20.7. The van der Waals surface area contributed by atoms with Crippen LogP contribution in [0.4, 0.5) is 5.82 Å². The van der Waals surface area contributed by atoms with Crippen molar-refractivity contribution in [3.63, 3.8) is 0 Å². The minimum atomic E-state index is 0.136. The summed E-state index contributed by atoms with van der Waals surface area (Å²) in [6.45, 7) is 6.12. The van der Waals surface area contributed by atoms with E-state index in [-0.39, 0.29) is 5.91 Å². The van der Waals surface area contributed by atoms with Crippen molar-refractivity contribution in [1.29, 1.82) is 0 Å². The molecule has 2 saturated heterocycles. The molecule has 2 aliphatic rings. The van der Waals surface area contributed by atoms with Crippen LogP contribution >= 0.6 is 11.8 Å². The number of hydrogen-bond donors (Lipinski definition) is 1. The van der Waals surface area contributed by atoms with E-state index in [0.717, 1.165) is 42.8 Å². The molecule has 3 heterocycles. The fourth-order valence-electron chi connectivity index (χ4n) is 2.62. The van der Waals surface area contributed by atoms with Crippen molar-refractivity contribution >= 4 is 23.5 Å². The molecule has 20 heavy (non-hydrogen) atoms. The first-order valence-corrected chi connectivity index (χ1v) is 8.03. The lowest BCUT2D eigenvalue weighted by molar-refractivity contribution is -0.125. The molecule has 0 aliphatic carbocycles. The standard InChI is InChI=1S/C13H19N5OS/c1-9-5-11(16-13(15-9)20-2)18-6-10(7-18)17-4-3-14-12(19)8-17/h5,10H,3-4,6-8H2,1-2H3,(H,14,19). The van der Waals surface area contributed by atoms with Crippen LogP contribution in [-0.2, 0) is 4.79 Å². The number of amides is 1. The van der Waals surface area contributed by atoms with Gasteiger partial charge in [0.15, 0.2) is 5.16 Å². The first kappa shape index (κ1) is 13.6. The van der Waals surface area contributed by atoms with Gasteiger partial charge in [-0.05, 0) is 13.2 Å². The number of aryl methyl sites for hydroxylation is 1. The smallest absolute Gasteiger partial charge is 0.234 e. The number of thioether (sulfide) groups is 1. The van der Waals surface area contributed by atoms with Gasteiger partial charge in [-0.2, -0.15) is 0 Å². The average Bonchev–Trinajstić information content (AvgIpc) is 2.36. The number of carbonyl (C=O) groups is 1. The molecule has 0 aromatic carbocycles. The molecule has 1 aromatic rings. The van der Waals surface area contributed by atoms with Crippen molar-refractivity contribution < 1.29 is 4.79 Å². The van der Waals surface area contributed by atoms with Crippen molar-refractivity contribution in [2.45, 2.75) is 18.1 Å². The summed E-state index contributed by atoms with van der Waals surface area (Å²) < 4.78 is 0. The van der Waals surface area contributed by atoms with E-state index in [9.17, 15) is 4.79 Å². The SMILES string of the molecule is CSc1nc(C)cc(N2CC(N3CCNC(=O)C3)C2)n1. The lowest BCUT2D eigenvalue weighted by atomic mass is 10.1. The fourth-order valence-corrected chi connectivity index (χ4v) is 3.04. The summed E-state index contributed by atoms with van der Waals surface area (Å²) >= 11 is 1.57. The second-order valence-electron chi connectivity index (χ2n) is 5.23. The molecule has 3 rings (SSSR count). The minimum absolute atomic E-state index is 0.136. The minimum Gasteiger partial charge on any atom is -0.354 e. The molecule has 7 heteroatoms. The molecule has 6 nitrogen and oxygen atoms in total. The Morgan fingerprint density at radius 2 is 2.20 bits per heavy atom. The average molecular weight is 293 g/mol. The third-order valence-electron chi connectivity index (χ3n) is 3.77. The van der Waals surface area contributed by atoms with Crippen LogP contribution in [0.3, 0.4) is 0 Å². The number of rotatable bonds is 3. The number of piperazine rings is 1. The van der Waals surface area contributed by atoms with E-state index in [4.69, 9.17) is 0 Å². The molecule has 0 radical (unpaired) electrons. The Morgan fingerprint density at radius 3 is 2.90 bits per heavy atom. The van der Waals surface area contributed by atoms with Gasteiger partial charge in [0.05, 0.1) is 6.54 Å². The summed E-state index contributed by atoms with van der Waals surface area (Å²) in [6, 6.07) is 2.49. The number of anilines is 1. The molecular formula is C13H19N5OS. The van der Waals surface area contributed by atoms with Gasteiger partial charge < -0.3 is 10.2 Å². The largest absolute Gasteiger partial charge is 0.354 e. The topological polar surface area (TPSA) is 61.4 Å². The van der Waals surface area contributed by atoms with Gasteiger partial charge in [-0.25, -0.2) is 9.97 Å². The highest BCUT2D eigenvalue weighted by Gasteiger charge is 2.34. The molecule has 2 fully saturated rings. The van der Waals surface area contributed by atoms with Crippen LogP contribution in [-0.4, -0.2) is 65.8 Å². The van der Waals surface area contributed by atoms with Crippen LogP contribution < -0.4 is 10.2 Å². The first-order chi connectivity index (χ1) is 9.65. The van der Waals surface area contributed by atoms with Crippen molar-refractivity contribution in [1.82, 2.24) is 20.2 Å². The molecule has 1 N–H and O–H groups in total. The van der Waals surface area contributed by atoms with Gasteiger partial charge in [0.1, 0.15) is 5.82 Å². The summed E-state index contributed by atoms with van der Waals surface area (Å²) in [6.07, 6.45) is 1.99. The van der Waals surface area contributed by atoms with Crippen molar-refractivity contribution in [3.05, 3.63) is 11.8 Å². The zero-order valence-corrected chi connectivity index (χ0v) is 12.6. The molecule has 2 aliphatic heterocycles. The Labute approximate surface area is 122 Å². The Kier molecular flexibility index (Phi) is 3.80. The quantitative estimate of drug-likeness (QED) is 0.631. The first-order valence-electron chi connectivity index (χ1n) is 6.81. The third kappa shape index (κ3) is 2.73. The van der Waals surface area contributed by atoms with Crippen LogP contribution in [0.2, 0.25) is 0 Å². The monoisotopic (exact) mass is 293 g/mol. The maximum Gasteiger partial charge on any atom is 0.234 e. The molecule has 0 unspecified atom stereocenters. The van der Waals surface area contributed by atoms with Gasteiger partial charge in [-0.3, -0.25) is 9.69 Å². The zero-order chi connectivity index (χ0) is 14.1. The van der Waals surface area contributed by atoms with Crippen molar-refractivity contribution in [3.8, 4) is 0 Å². The lowest BCUT2D eigenvalue weighted by Gasteiger charge is -2.46. The van der Waals surface area contributed by atoms with Crippen molar-refractivity contribution in [2.75, 3.05) is 43.9 Å². The number of carbonyl (C=O) groups excluding carboxylic acids is 1. The van der Waals surface area contributed by atoms with E-state index in [1.807, 2.05) is 19.2 Å². The predicted octanol–water partition coefficient (Wildman–Crippen LogP) is 0.127. The Bertz CT molecular complexity index is 517. The fraction of sp³-hybridized carbons (Fsp3) is 0.615. The van der Waals surface area contributed by atoms with Gasteiger partial charge >= 0.3 is 0 Å². The molecular weight excluding hydrogens is 274 g/mol. The number of aromatic nitrogens is 2. The highest BCUT2D eigenvalue weighted by Crippen LogP contribution is 2.24. The predicted molar refractivity (Wildman–Crippen MR) is 79.1 cm³/mol. The third-order valence-corrected chi connectivity index (χ3v) is 4.32. The molecule has 108 valence electrons. The molecule has 1 amide bonds. The Hall–Kier alpha value is -1.34. The number of nitrogens with one attached hydrogen (secondary N) is 1. The molecule has 0 bridgehead atoms. The van der Waals surface area contributed by atoms with Gasteiger partial charge in [-0.1, -0.05) is 11.8 Å². The van der Waals surface area contributed by atoms with E-state index in [1.165, 1.54) is 0 Å². The number of hydrogen-bond acceptors (Lipinski definition) is 6. The zero-order valence-electron chi connectivity index (χ0n) is 11.8. The van der Waals surface area contributed by atoms with E-state index >= 15 is 0 Å². The van der Waals surface area contributed by atoms with Gasteiger partial charge in [0.25, 0.3) is 0 Å². The van der Waals surface area contributed by atoms with Gasteiger partial charge in [0.2, 0.25) is 5.91 Å². The summed E-state index contributed by atoms with van der Waals surface area (Å²) in [5.41, 5.74) is 1.00. The molecule has 1 aromatic heterocycles. The van der Waals surface area contributed by atoms with Crippen LogP contribution in [0.15, 0.2) is 11.2 Å². The molecule has 0 spiro atoms.